The molecule has 0 radical (unpaired) electrons. The summed E-state index contributed by atoms with van der Waals surface area (Å²) in [6, 6.07) is 12.9. The molecule has 19 heavy (non-hydrogen) atoms. The molecule has 0 heterocycles. The zero-order valence-corrected chi connectivity index (χ0v) is 12.6. The molecule has 0 aliphatic carbocycles. The summed E-state index contributed by atoms with van der Waals surface area (Å²) in [6.45, 7) is 0.520. The van der Waals surface area contributed by atoms with Crippen molar-refractivity contribution in [3.05, 3.63) is 68.9 Å². The summed E-state index contributed by atoms with van der Waals surface area (Å²) >= 11 is 9.09. The topological polar surface area (TPSA) is 26.0 Å². The minimum Gasteiger partial charge on any atom is -0.330 e. The van der Waals surface area contributed by atoms with Crippen molar-refractivity contribution in [1.29, 1.82) is 0 Å². The Morgan fingerprint density at radius 3 is 2.42 bits per heavy atom. The number of halogens is 3. The van der Waals surface area contributed by atoms with Crippen molar-refractivity contribution in [2.45, 2.75) is 12.3 Å². The Balaban J connectivity index is 2.18. The molecule has 0 aromatic heterocycles. The summed E-state index contributed by atoms with van der Waals surface area (Å²) in [7, 11) is 0. The van der Waals surface area contributed by atoms with E-state index in [0.717, 1.165) is 15.6 Å². The van der Waals surface area contributed by atoms with E-state index in [4.69, 9.17) is 17.3 Å². The first kappa shape index (κ1) is 14.5. The van der Waals surface area contributed by atoms with Crippen LogP contribution in [0.3, 0.4) is 0 Å². The molecule has 2 aromatic rings. The van der Waals surface area contributed by atoms with Crippen LogP contribution in [0.2, 0.25) is 5.02 Å². The van der Waals surface area contributed by atoms with Crippen LogP contribution in [0.1, 0.15) is 17.0 Å². The molecule has 4 heteroatoms. The molecular formula is C15H14BrClFN. The van der Waals surface area contributed by atoms with Crippen LogP contribution in [0.4, 0.5) is 4.39 Å². The predicted molar refractivity (Wildman–Crippen MR) is 81.1 cm³/mol. The van der Waals surface area contributed by atoms with Gasteiger partial charge < -0.3 is 5.73 Å². The number of hydrogen-bond acceptors (Lipinski definition) is 1. The maximum atomic E-state index is 13.4. The second-order valence-corrected chi connectivity index (χ2v) is 5.76. The maximum Gasteiger partial charge on any atom is 0.142 e. The van der Waals surface area contributed by atoms with Crippen LogP contribution in [-0.4, -0.2) is 6.54 Å². The average Bonchev–Trinajstić information content (AvgIpc) is 2.41. The Morgan fingerprint density at radius 2 is 1.84 bits per heavy atom. The van der Waals surface area contributed by atoms with Crippen molar-refractivity contribution >= 4 is 27.5 Å². The van der Waals surface area contributed by atoms with Gasteiger partial charge >= 0.3 is 0 Å². The molecule has 0 saturated heterocycles. The van der Waals surface area contributed by atoms with Crippen molar-refractivity contribution in [1.82, 2.24) is 0 Å². The highest BCUT2D eigenvalue weighted by molar-refractivity contribution is 9.10. The normalized spacial score (nSPS) is 12.4. The summed E-state index contributed by atoms with van der Waals surface area (Å²) in [4.78, 5) is 0. The molecule has 0 aliphatic heterocycles. The van der Waals surface area contributed by atoms with Crippen molar-refractivity contribution < 1.29 is 4.39 Å². The highest BCUT2D eigenvalue weighted by atomic mass is 79.9. The Labute approximate surface area is 125 Å². The van der Waals surface area contributed by atoms with Gasteiger partial charge in [-0.2, -0.15) is 0 Å². The van der Waals surface area contributed by atoms with Crippen LogP contribution in [0, 0.1) is 5.82 Å². The third-order valence-electron chi connectivity index (χ3n) is 3.09. The maximum absolute atomic E-state index is 13.4. The van der Waals surface area contributed by atoms with E-state index in [-0.39, 0.29) is 16.8 Å². The van der Waals surface area contributed by atoms with Crippen molar-refractivity contribution in [3.63, 3.8) is 0 Å². The van der Waals surface area contributed by atoms with E-state index in [9.17, 15) is 4.39 Å². The first-order valence-corrected chi connectivity index (χ1v) is 7.16. The summed E-state index contributed by atoms with van der Waals surface area (Å²) < 4.78 is 14.5. The van der Waals surface area contributed by atoms with E-state index in [1.165, 1.54) is 6.07 Å². The number of hydrogen-bond donors (Lipinski definition) is 1. The van der Waals surface area contributed by atoms with Gasteiger partial charge in [-0.15, -0.1) is 0 Å². The summed E-state index contributed by atoms with van der Waals surface area (Å²) in [5.74, 6) is -0.209. The Bertz CT molecular complexity index is 557. The van der Waals surface area contributed by atoms with Gasteiger partial charge in [0.1, 0.15) is 5.82 Å². The highest BCUT2D eigenvalue weighted by Crippen LogP contribution is 2.24. The van der Waals surface area contributed by atoms with Gasteiger partial charge in [0.25, 0.3) is 0 Å². The molecule has 1 unspecified atom stereocenters. The minimum atomic E-state index is -0.384. The largest absolute Gasteiger partial charge is 0.330 e. The predicted octanol–water partition coefficient (Wildman–Crippen LogP) is 4.53. The monoisotopic (exact) mass is 341 g/mol. The molecule has 0 amide bonds. The molecule has 2 N–H and O–H groups in total. The fraction of sp³-hybridized carbons (Fsp3) is 0.200. The molecule has 0 saturated carbocycles. The second-order valence-electron chi connectivity index (χ2n) is 4.44. The van der Waals surface area contributed by atoms with Crippen LogP contribution in [0.25, 0.3) is 0 Å². The molecule has 100 valence electrons. The van der Waals surface area contributed by atoms with Crippen LogP contribution in [0.5, 0.6) is 0 Å². The van der Waals surface area contributed by atoms with Gasteiger partial charge in [-0.05, 0) is 48.4 Å². The molecule has 0 fully saturated rings. The molecule has 1 atom stereocenters. The van der Waals surface area contributed by atoms with Crippen LogP contribution in [-0.2, 0) is 6.42 Å². The Hall–Kier alpha value is -0.900. The molecular weight excluding hydrogens is 329 g/mol. The molecule has 2 rings (SSSR count). The zero-order chi connectivity index (χ0) is 13.8. The number of nitrogens with two attached hydrogens (primary N) is 1. The molecule has 2 aromatic carbocycles. The van der Waals surface area contributed by atoms with Gasteiger partial charge in [-0.3, -0.25) is 0 Å². The van der Waals surface area contributed by atoms with Crippen LogP contribution >= 0.6 is 27.5 Å². The third kappa shape index (κ3) is 3.78. The average molecular weight is 343 g/mol. The standard InChI is InChI=1S/C15H14BrClFN/c16-13-4-2-11(3-5-13)12(9-19)7-10-1-6-14(17)15(18)8-10/h1-6,8,12H,7,9,19H2. The van der Waals surface area contributed by atoms with E-state index < -0.39 is 0 Å². The molecule has 0 aliphatic rings. The SMILES string of the molecule is NCC(Cc1ccc(Cl)c(F)c1)c1ccc(Br)cc1. The lowest BCUT2D eigenvalue weighted by atomic mass is 9.92. The van der Waals surface area contributed by atoms with Gasteiger partial charge in [0.2, 0.25) is 0 Å². The quantitative estimate of drug-likeness (QED) is 0.868. The first-order valence-electron chi connectivity index (χ1n) is 5.99. The zero-order valence-electron chi connectivity index (χ0n) is 10.2. The van der Waals surface area contributed by atoms with E-state index in [1.807, 2.05) is 30.3 Å². The lowest BCUT2D eigenvalue weighted by Gasteiger charge is -2.15. The number of benzene rings is 2. The molecule has 1 nitrogen and oxygen atoms in total. The fourth-order valence-electron chi connectivity index (χ4n) is 2.02. The van der Waals surface area contributed by atoms with E-state index in [2.05, 4.69) is 15.9 Å². The van der Waals surface area contributed by atoms with E-state index in [0.29, 0.717) is 13.0 Å². The first-order chi connectivity index (χ1) is 9.10. The van der Waals surface area contributed by atoms with Crippen molar-refractivity contribution in [2.24, 2.45) is 5.73 Å². The van der Waals surface area contributed by atoms with E-state index in [1.54, 1.807) is 6.07 Å². The summed E-state index contributed by atoms with van der Waals surface area (Å²) in [6.07, 6.45) is 0.701. The summed E-state index contributed by atoms with van der Waals surface area (Å²) in [5, 5.41) is 0.150. The van der Waals surface area contributed by atoms with Gasteiger partial charge in [0, 0.05) is 10.4 Å². The lowest BCUT2D eigenvalue weighted by molar-refractivity contribution is 0.621. The van der Waals surface area contributed by atoms with Crippen LogP contribution in [0.15, 0.2) is 46.9 Å². The van der Waals surface area contributed by atoms with Crippen LogP contribution < -0.4 is 5.73 Å². The van der Waals surface area contributed by atoms with Gasteiger partial charge in [0.05, 0.1) is 5.02 Å². The summed E-state index contributed by atoms with van der Waals surface area (Å²) in [5.41, 5.74) is 7.88. The van der Waals surface area contributed by atoms with Gasteiger partial charge in [0.15, 0.2) is 0 Å². The third-order valence-corrected chi connectivity index (χ3v) is 3.93. The van der Waals surface area contributed by atoms with E-state index >= 15 is 0 Å². The molecule has 0 spiro atoms. The highest BCUT2D eigenvalue weighted by Gasteiger charge is 2.12. The van der Waals surface area contributed by atoms with Crippen molar-refractivity contribution in [3.8, 4) is 0 Å². The van der Waals surface area contributed by atoms with Gasteiger partial charge in [-0.1, -0.05) is 45.7 Å². The minimum absolute atomic E-state index is 0.150. The Kier molecular flexibility index (Phi) is 4.97. The van der Waals surface area contributed by atoms with Crippen molar-refractivity contribution in [2.75, 3.05) is 6.54 Å². The smallest absolute Gasteiger partial charge is 0.142 e. The lowest BCUT2D eigenvalue weighted by Crippen LogP contribution is -2.15. The molecule has 0 bridgehead atoms. The van der Waals surface area contributed by atoms with Gasteiger partial charge in [-0.25, -0.2) is 4.39 Å². The number of rotatable bonds is 4. The second kappa shape index (κ2) is 6.51. The fourth-order valence-corrected chi connectivity index (χ4v) is 2.41. The Morgan fingerprint density at radius 1 is 1.16 bits per heavy atom.